The molecule has 12 heteroatoms. The largest absolute Gasteiger partial charge is 0.478 e. The molecule has 0 aliphatic rings. The second-order valence-corrected chi connectivity index (χ2v) is 9.80. The number of hydrogen-bond donors (Lipinski definition) is 3. The highest BCUT2D eigenvalue weighted by Crippen LogP contribution is 2.28. The quantitative estimate of drug-likeness (QED) is 0.217. The summed E-state index contributed by atoms with van der Waals surface area (Å²) in [5.41, 5.74) is 0.919. The molecule has 0 aliphatic carbocycles. The third kappa shape index (κ3) is 5.97. The Morgan fingerprint density at radius 2 is 1.26 bits per heavy atom. The topological polar surface area (TPSA) is 173 Å². The van der Waals surface area contributed by atoms with Crippen LogP contribution in [-0.2, 0) is 10.0 Å². The van der Waals surface area contributed by atoms with Crippen molar-refractivity contribution in [2.45, 2.75) is 4.90 Å². The van der Waals surface area contributed by atoms with Crippen molar-refractivity contribution in [2.24, 2.45) is 0 Å². The number of amides is 2. The lowest BCUT2D eigenvalue weighted by atomic mass is 9.95. The van der Waals surface area contributed by atoms with Crippen LogP contribution in [-0.4, -0.2) is 36.2 Å². The highest BCUT2D eigenvalue weighted by Gasteiger charge is 2.21. The number of carboxylic acids is 1. The average molecular weight is 546 g/mol. The van der Waals surface area contributed by atoms with E-state index < -0.39 is 32.7 Å². The molecular weight excluding hydrogens is 526 g/mol. The van der Waals surface area contributed by atoms with E-state index in [4.69, 9.17) is 0 Å². The second kappa shape index (κ2) is 10.9. The average Bonchev–Trinajstić information content (AvgIpc) is 2.93. The van der Waals surface area contributed by atoms with Gasteiger partial charge in [-0.2, -0.15) is 0 Å². The van der Waals surface area contributed by atoms with Crippen LogP contribution in [0.3, 0.4) is 0 Å². The van der Waals surface area contributed by atoms with Gasteiger partial charge in [0.05, 0.1) is 15.4 Å². The number of aromatic carboxylic acids is 1. The Bertz CT molecular complexity index is 1700. The number of benzene rings is 4. The molecule has 0 heterocycles. The molecule has 0 atom stereocenters. The van der Waals surface area contributed by atoms with Gasteiger partial charge in [-0.15, -0.1) is 0 Å². The number of non-ortho nitro benzene ring substituents is 1. The van der Waals surface area contributed by atoms with E-state index in [-0.39, 0.29) is 33.0 Å². The zero-order valence-electron chi connectivity index (χ0n) is 19.9. The highest BCUT2D eigenvalue weighted by molar-refractivity contribution is 7.90. The number of rotatable bonds is 8. The Kier molecular flexibility index (Phi) is 7.49. The van der Waals surface area contributed by atoms with Gasteiger partial charge in [-0.1, -0.05) is 36.4 Å². The monoisotopic (exact) mass is 545 g/mol. The predicted octanol–water partition coefficient (Wildman–Crippen LogP) is 4.33. The number of nitro benzene ring substituents is 1. The lowest BCUT2D eigenvalue weighted by Crippen LogP contribution is -2.30. The van der Waals surface area contributed by atoms with Crippen LogP contribution in [0.15, 0.2) is 102 Å². The number of sulfonamides is 1. The SMILES string of the molecule is O=C(NS(=O)(=O)c1ccc(NC(=O)c2ccccc2-c2ccccc2C(=O)O)cc1)c1ccc([N+](=O)[O-])cc1. The highest BCUT2D eigenvalue weighted by atomic mass is 32.2. The fourth-order valence-electron chi connectivity index (χ4n) is 3.71. The van der Waals surface area contributed by atoms with E-state index in [0.717, 1.165) is 24.3 Å². The summed E-state index contributed by atoms with van der Waals surface area (Å²) in [4.78, 5) is 46.9. The van der Waals surface area contributed by atoms with Crippen LogP contribution in [0.1, 0.15) is 31.1 Å². The van der Waals surface area contributed by atoms with Gasteiger partial charge in [0.2, 0.25) is 0 Å². The molecule has 0 saturated carbocycles. The number of hydrogen-bond acceptors (Lipinski definition) is 7. The molecule has 2 amide bonds. The maximum Gasteiger partial charge on any atom is 0.336 e. The van der Waals surface area contributed by atoms with Gasteiger partial charge in [-0.3, -0.25) is 19.7 Å². The second-order valence-electron chi connectivity index (χ2n) is 8.11. The first kappa shape index (κ1) is 26.7. The lowest BCUT2D eigenvalue weighted by molar-refractivity contribution is -0.384. The van der Waals surface area contributed by atoms with Gasteiger partial charge in [0.1, 0.15) is 0 Å². The van der Waals surface area contributed by atoms with Gasteiger partial charge < -0.3 is 10.4 Å². The standard InChI is InChI=1S/C27H19N3O8S/c31-25(17-9-13-19(14-10-17)30(35)36)29-39(37,38)20-15-11-18(12-16-20)28-26(32)23-7-3-1-5-21(23)22-6-2-4-8-24(22)27(33)34/h1-16H,(H,28,32)(H,29,31)(H,33,34). The maximum absolute atomic E-state index is 13.1. The van der Waals surface area contributed by atoms with Crippen LogP contribution < -0.4 is 10.0 Å². The summed E-state index contributed by atoms with van der Waals surface area (Å²) < 4.78 is 27.2. The molecule has 0 radical (unpaired) electrons. The van der Waals surface area contributed by atoms with Crippen molar-refractivity contribution >= 4 is 39.2 Å². The molecule has 11 nitrogen and oxygen atoms in total. The molecular formula is C27H19N3O8S. The van der Waals surface area contributed by atoms with Crippen LogP contribution in [0, 0.1) is 10.1 Å². The molecule has 0 spiro atoms. The lowest BCUT2D eigenvalue weighted by Gasteiger charge is -2.13. The summed E-state index contributed by atoms with van der Waals surface area (Å²) >= 11 is 0. The molecule has 0 aromatic heterocycles. The molecule has 4 aromatic carbocycles. The summed E-state index contributed by atoms with van der Waals surface area (Å²) in [6, 6.07) is 22.2. The molecule has 4 aromatic rings. The third-order valence-corrected chi connectivity index (χ3v) is 6.96. The van der Waals surface area contributed by atoms with Gasteiger partial charge in [-0.25, -0.2) is 17.9 Å². The van der Waals surface area contributed by atoms with Gasteiger partial charge in [0.15, 0.2) is 0 Å². The van der Waals surface area contributed by atoms with Gasteiger partial charge in [0.25, 0.3) is 27.5 Å². The van der Waals surface area contributed by atoms with E-state index in [1.807, 2.05) is 4.72 Å². The zero-order valence-corrected chi connectivity index (χ0v) is 20.7. The summed E-state index contributed by atoms with van der Waals surface area (Å²) in [6.07, 6.45) is 0. The minimum atomic E-state index is -4.29. The summed E-state index contributed by atoms with van der Waals surface area (Å²) in [5, 5.41) is 22.9. The summed E-state index contributed by atoms with van der Waals surface area (Å²) in [7, 11) is -4.29. The van der Waals surface area contributed by atoms with Crippen molar-refractivity contribution in [3.63, 3.8) is 0 Å². The smallest absolute Gasteiger partial charge is 0.336 e. The summed E-state index contributed by atoms with van der Waals surface area (Å²) in [5.74, 6) is -2.66. The Morgan fingerprint density at radius 1 is 0.718 bits per heavy atom. The molecule has 39 heavy (non-hydrogen) atoms. The first-order valence-corrected chi connectivity index (χ1v) is 12.7. The van der Waals surface area contributed by atoms with E-state index in [1.54, 1.807) is 36.4 Å². The molecule has 3 N–H and O–H groups in total. The first-order chi connectivity index (χ1) is 18.6. The molecule has 0 saturated heterocycles. The molecule has 0 bridgehead atoms. The van der Waals surface area contributed by atoms with Crippen molar-refractivity contribution < 1.29 is 32.8 Å². The molecule has 0 aliphatic heterocycles. The van der Waals surface area contributed by atoms with Crippen molar-refractivity contribution in [1.82, 2.24) is 4.72 Å². The minimum Gasteiger partial charge on any atom is -0.478 e. The third-order valence-electron chi connectivity index (χ3n) is 5.61. The number of nitrogens with zero attached hydrogens (tertiary/aromatic N) is 1. The first-order valence-electron chi connectivity index (χ1n) is 11.2. The Balaban J connectivity index is 1.51. The number of anilines is 1. The van der Waals surface area contributed by atoms with Crippen molar-refractivity contribution in [2.75, 3.05) is 5.32 Å². The van der Waals surface area contributed by atoms with E-state index in [9.17, 15) is 38.0 Å². The van der Waals surface area contributed by atoms with Crippen LogP contribution in [0.5, 0.6) is 0 Å². The van der Waals surface area contributed by atoms with E-state index in [0.29, 0.717) is 11.1 Å². The van der Waals surface area contributed by atoms with E-state index in [1.165, 1.54) is 36.4 Å². The Morgan fingerprint density at radius 3 is 1.82 bits per heavy atom. The normalized spacial score (nSPS) is 10.9. The van der Waals surface area contributed by atoms with Crippen LogP contribution in [0.4, 0.5) is 11.4 Å². The van der Waals surface area contributed by atoms with Gasteiger partial charge >= 0.3 is 5.97 Å². The fourth-order valence-corrected chi connectivity index (χ4v) is 4.68. The van der Waals surface area contributed by atoms with Crippen molar-refractivity contribution in [3.05, 3.63) is 124 Å². The number of carbonyl (C=O) groups is 3. The molecule has 0 fully saturated rings. The van der Waals surface area contributed by atoms with Crippen LogP contribution in [0.2, 0.25) is 0 Å². The number of nitro groups is 1. The van der Waals surface area contributed by atoms with Crippen LogP contribution in [0.25, 0.3) is 11.1 Å². The Hall–Kier alpha value is -5.36. The van der Waals surface area contributed by atoms with Gasteiger partial charge in [-0.05, 0) is 59.7 Å². The Labute approximate surface area is 221 Å². The van der Waals surface area contributed by atoms with Crippen molar-refractivity contribution in [3.8, 4) is 11.1 Å². The van der Waals surface area contributed by atoms with E-state index >= 15 is 0 Å². The van der Waals surface area contributed by atoms with E-state index in [2.05, 4.69) is 5.32 Å². The molecule has 4 rings (SSSR count). The summed E-state index contributed by atoms with van der Waals surface area (Å²) in [6.45, 7) is 0. The number of nitrogens with one attached hydrogen (secondary N) is 2. The van der Waals surface area contributed by atoms with Crippen molar-refractivity contribution in [1.29, 1.82) is 0 Å². The minimum absolute atomic E-state index is 0.0306. The number of carboxylic acid groups (broad SMARTS) is 1. The predicted molar refractivity (Wildman–Crippen MR) is 141 cm³/mol. The van der Waals surface area contributed by atoms with Crippen LogP contribution >= 0.6 is 0 Å². The molecule has 0 unspecified atom stereocenters. The maximum atomic E-state index is 13.1. The molecule has 196 valence electrons. The van der Waals surface area contributed by atoms with Gasteiger partial charge in [0, 0.05) is 28.9 Å². The zero-order chi connectivity index (χ0) is 28.2. The number of carbonyl (C=O) groups excluding carboxylic acids is 2. The fraction of sp³-hybridized carbons (Fsp3) is 0.